The first kappa shape index (κ1) is 8.97. The van der Waals surface area contributed by atoms with Crippen molar-refractivity contribution in [2.24, 2.45) is 0 Å². The Kier molecular flexibility index (Phi) is 3.83. The Labute approximate surface area is 68.6 Å². The van der Waals surface area contributed by atoms with Crippen LogP contribution in [0.3, 0.4) is 0 Å². The van der Waals surface area contributed by atoms with Crippen molar-refractivity contribution >= 4 is 0 Å². The normalized spacial score (nSPS) is 22.4. The van der Waals surface area contributed by atoms with E-state index in [4.69, 9.17) is 5.11 Å². The van der Waals surface area contributed by atoms with Gasteiger partial charge in [-0.15, -0.1) is 0 Å². The summed E-state index contributed by atoms with van der Waals surface area (Å²) in [6.45, 7) is 10.2. The monoisotopic (exact) mass is 157 g/mol. The number of hydrogen-bond acceptors (Lipinski definition) is 3. The predicted molar refractivity (Wildman–Crippen MR) is 45.3 cm³/mol. The van der Waals surface area contributed by atoms with E-state index in [2.05, 4.69) is 16.7 Å². The molecule has 0 aromatic rings. The van der Waals surface area contributed by atoms with Gasteiger partial charge < -0.3 is 10.0 Å². The summed E-state index contributed by atoms with van der Waals surface area (Å²) in [5, 5.41) is 8.67. The van der Waals surface area contributed by atoms with E-state index in [9.17, 15) is 0 Å². The van der Waals surface area contributed by atoms with E-state index in [0.29, 0.717) is 0 Å². The van der Waals surface area contributed by atoms with Crippen molar-refractivity contribution < 1.29 is 5.11 Å². The highest BCUT2D eigenvalue weighted by Gasteiger charge is 2.13. The van der Waals surface area contributed by atoms with Crippen LogP contribution in [0.4, 0.5) is 0 Å². The highest BCUT2D eigenvalue weighted by atomic mass is 16.3. The zero-order chi connectivity index (χ0) is 8.10. The minimum atomic E-state index is 0.282. The topological polar surface area (TPSA) is 26.7 Å². The lowest BCUT2D eigenvalue weighted by molar-refractivity contribution is 0.119. The molecule has 1 heterocycles. The molecule has 0 aromatic carbocycles. The molecule has 0 bridgehead atoms. The van der Waals surface area contributed by atoms with Crippen molar-refractivity contribution in [3.05, 3.63) is 6.92 Å². The third-order valence-corrected chi connectivity index (χ3v) is 2.20. The molecule has 1 aliphatic heterocycles. The maximum atomic E-state index is 8.67. The molecule has 3 nitrogen and oxygen atoms in total. The molecule has 0 spiro atoms. The average molecular weight is 157 g/mol. The lowest BCUT2D eigenvalue weighted by atomic mass is 10.3. The van der Waals surface area contributed by atoms with E-state index in [1.54, 1.807) is 0 Å². The smallest absolute Gasteiger partial charge is 0.0558 e. The Bertz CT molecular complexity index is 100. The molecule has 1 N–H and O–H groups in total. The summed E-state index contributed by atoms with van der Waals surface area (Å²) in [7, 11) is 0. The summed E-state index contributed by atoms with van der Waals surface area (Å²) in [5.74, 6) is 0. The van der Waals surface area contributed by atoms with Crippen LogP contribution in [-0.4, -0.2) is 60.8 Å². The predicted octanol–water partition coefficient (Wildman–Crippen LogP) is -0.570. The van der Waals surface area contributed by atoms with Crippen LogP contribution in [0, 0.1) is 6.92 Å². The highest BCUT2D eigenvalue weighted by molar-refractivity contribution is 4.71. The molecule has 0 aliphatic carbocycles. The van der Waals surface area contributed by atoms with Gasteiger partial charge in [0.25, 0.3) is 0 Å². The molecule has 0 aromatic heterocycles. The maximum Gasteiger partial charge on any atom is 0.0558 e. The van der Waals surface area contributed by atoms with Crippen molar-refractivity contribution in [2.45, 2.75) is 0 Å². The van der Waals surface area contributed by atoms with Crippen molar-refractivity contribution in [3.8, 4) is 0 Å². The molecule has 3 heteroatoms. The molecule has 0 atom stereocenters. The lowest BCUT2D eigenvalue weighted by Crippen LogP contribution is -2.46. The van der Waals surface area contributed by atoms with Crippen LogP contribution in [0.15, 0.2) is 0 Å². The van der Waals surface area contributed by atoms with Crippen LogP contribution in [0.2, 0.25) is 0 Å². The van der Waals surface area contributed by atoms with Crippen molar-refractivity contribution in [1.29, 1.82) is 0 Å². The van der Waals surface area contributed by atoms with Crippen LogP contribution < -0.4 is 0 Å². The molecule has 11 heavy (non-hydrogen) atoms. The largest absolute Gasteiger partial charge is 0.395 e. The van der Waals surface area contributed by atoms with Crippen molar-refractivity contribution in [2.75, 3.05) is 45.9 Å². The number of piperazine rings is 1. The number of nitrogens with zero attached hydrogens (tertiary/aromatic N) is 2. The molecular formula is C8H17N2O. The molecule has 1 fully saturated rings. The van der Waals surface area contributed by atoms with Gasteiger partial charge in [-0.05, 0) is 13.5 Å². The summed E-state index contributed by atoms with van der Waals surface area (Å²) in [6, 6.07) is 0. The summed E-state index contributed by atoms with van der Waals surface area (Å²) in [4.78, 5) is 4.61. The second-order valence-electron chi connectivity index (χ2n) is 2.91. The molecule has 0 amide bonds. The van der Waals surface area contributed by atoms with Gasteiger partial charge in [-0.25, -0.2) is 0 Å². The summed E-state index contributed by atoms with van der Waals surface area (Å²) in [5.41, 5.74) is 0. The van der Waals surface area contributed by atoms with Crippen molar-refractivity contribution in [3.63, 3.8) is 0 Å². The number of rotatable bonds is 3. The summed E-state index contributed by atoms with van der Waals surface area (Å²) >= 11 is 0. The minimum absolute atomic E-state index is 0.282. The maximum absolute atomic E-state index is 8.67. The fourth-order valence-corrected chi connectivity index (χ4v) is 1.38. The van der Waals surface area contributed by atoms with Crippen LogP contribution >= 0.6 is 0 Å². The van der Waals surface area contributed by atoms with Crippen molar-refractivity contribution in [1.82, 2.24) is 9.80 Å². The van der Waals surface area contributed by atoms with Crippen LogP contribution in [0.25, 0.3) is 0 Å². The molecule has 1 aliphatic rings. The van der Waals surface area contributed by atoms with Gasteiger partial charge in [0, 0.05) is 32.7 Å². The van der Waals surface area contributed by atoms with Crippen LogP contribution in [0.1, 0.15) is 0 Å². The minimum Gasteiger partial charge on any atom is -0.395 e. The van der Waals surface area contributed by atoms with Gasteiger partial charge >= 0.3 is 0 Å². The fourth-order valence-electron chi connectivity index (χ4n) is 1.38. The third-order valence-electron chi connectivity index (χ3n) is 2.20. The number of aliphatic hydroxyl groups is 1. The zero-order valence-electron chi connectivity index (χ0n) is 7.00. The first-order valence-corrected chi connectivity index (χ1v) is 4.21. The molecule has 0 unspecified atom stereocenters. The molecule has 1 saturated heterocycles. The second kappa shape index (κ2) is 4.70. The second-order valence-corrected chi connectivity index (χ2v) is 2.91. The van der Waals surface area contributed by atoms with Gasteiger partial charge in [-0.1, -0.05) is 0 Å². The third kappa shape index (κ3) is 2.77. The van der Waals surface area contributed by atoms with E-state index < -0.39 is 0 Å². The van der Waals surface area contributed by atoms with E-state index >= 15 is 0 Å². The molecule has 1 rings (SSSR count). The Morgan fingerprint density at radius 1 is 1.09 bits per heavy atom. The number of aliphatic hydroxyl groups excluding tert-OH is 1. The Morgan fingerprint density at radius 3 is 2.09 bits per heavy atom. The molecule has 65 valence electrons. The standard InChI is InChI=1S/C8H17N2O/c1-2-9-3-5-10(6-4-9)7-8-11/h11H,1-8H2. The van der Waals surface area contributed by atoms with Crippen LogP contribution in [-0.2, 0) is 0 Å². The Morgan fingerprint density at radius 2 is 1.64 bits per heavy atom. The van der Waals surface area contributed by atoms with Gasteiger partial charge in [-0.3, -0.25) is 4.90 Å². The van der Waals surface area contributed by atoms with E-state index in [0.717, 1.165) is 39.3 Å². The molecule has 1 radical (unpaired) electrons. The first-order valence-electron chi connectivity index (χ1n) is 4.21. The van der Waals surface area contributed by atoms with Gasteiger partial charge in [0.2, 0.25) is 0 Å². The highest BCUT2D eigenvalue weighted by Crippen LogP contribution is 1.99. The Balaban J connectivity index is 2.14. The SMILES string of the molecule is [CH2]CN1CCN(CCO)CC1. The zero-order valence-corrected chi connectivity index (χ0v) is 7.00. The number of β-amino-alcohol motifs (C(OH)–C–C–N with tert-alkyl or cyclic N) is 1. The Hall–Kier alpha value is -0.120. The van der Waals surface area contributed by atoms with Gasteiger partial charge in [0.1, 0.15) is 0 Å². The lowest BCUT2D eigenvalue weighted by Gasteiger charge is -2.33. The van der Waals surface area contributed by atoms with Gasteiger partial charge in [0.05, 0.1) is 6.61 Å². The fraction of sp³-hybridized carbons (Fsp3) is 0.875. The summed E-state index contributed by atoms with van der Waals surface area (Å²) in [6.07, 6.45) is 0. The average Bonchev–Trinajstić information content (AvgIpc) is 2.07. The van der Waals surface area contributed by atoms with Gasteiger partial charge in [0.15, 0.2) is 0 Å². The quantitative estimate of drug-likeness (QED) is 0.594. The molecular weight excluding hydrogens is 140 g/mol. The van der Waals surface area contributed by atoms with E-state index in [-0.39, 0.29) is 6.61 Å². The number of hydrogen-bond donors (Lipinski definition) is 1. The van der Waals surface area contributed by atoms with Crippen LogP contribution in [0.5, 0.6) is 0 Å². The van der Waals surface area contributed by atoms with Gasteiger partial charge in [-0.2, -0.15) is 0 Å². The summed E-state index contributed by atoms with van der Waals surface area (Å²) < 4.78 is 0. The van der Waals surface area contributed by atoms with E-state index in [1.165, 1.54) is 0 Å². The first-order chi connectivity index (χ1) is 5.36. The van der Waals surface area contributed by atoms with E-state index in [1.807, 2.05) is 0 Å². The molecule has 0 saturated carbocycles.